The van der Waals surface area contributed by atoms with E-state index in [1.165, 1.54) is 16.9 Å². The highest BCUT2D eigenvalue weighted by molar-refractivity contribution is 7.09. The van der Waals surface area contributed by atoms with E-state index >= 15 is 0 Å². The van der Waals surface area contributed by atoms with Crippen LogP contribution in [0.5, 0.6) is 5.75 Å². The largest absolute Gasteiger partial charge is 0.497 e. The Bertz CT molecular complexity index is 610. The summed E-state index contributed by atoms with van der Waals surface area (Å²) < 4.78 is 5.15. The molecule has 3 N–H and O–H groups in total. The average molecular weight is 319 g/mol. The summed E-state index contributed by atoms with van der Waals surface area (Å²) in [5.74, 6) is 1.07. The second-order valence-electron chi connectivity index (χ2n) is 5.05. The molecule has 1 heterocycles. The number of rotatable bonds is 7. The number of nitrogens with one attached hydrogen (secondary N) is 1. The van der Waals surface area contributed by atoms with Gasteiger partial charge in [-0.05, 0) is 30.0 Å². The van der Waals surface area contributed by atoms with E-state index in [2.05, 4.69) is 29.4 Å². The monoisotopic (exact) mass is 319 g/mol. The normalized spacial score (nSPS) is 12.0. The maximum Gasteiger partial charge on any atom is 0.270 e. The number of hydrogen-bond donors (Lipinski definition) is 2. The summed E-state index contributed by atoms with van der Waals surface area (Å²) in [4.78, 5) is 16.1. The van der Waals surface area contributed by atoms with Crippen molar-refractivity contribution in [3.8, 4) is 5.75 Å². The standard InChI is InChI=1S/C16H21N3O2S/c1-11(12-3-5-13(21-2)6-4-12)7-8-18-16(20)14-10-22-15(9-17)19-14/h3-6,10-11H,7-9,17H2,1-2H3,(H,18,20). The highest BCUT2D eigenvalue weighted by Gasteiger charge is 2.11. The van der Waals surface area contributed by atoms with Crippen LogP contribution in [0, 0.1) is 0 Å². The molecule has 22 heavy (non-hydrogen) atoms. The van der Waals surface area contributed by atoms with Crippen molar-refractivity contribution in [1.29, 1.82) is 0 Å². The van der Waals surface area contributed by atoms with Gasteiger partial charge in [-0.2, -0.15) is 0 Å². The fraction of sp³-hybridized carbons (Fsp3) is 0.375. The van der Waals surface area contributed by atoms with Crippen molar-refractivity contribution >= 4 is 17.2 Å². The van der Waals surface area contributed by atoms with Gasteiger partial charge in [0, 0.05) is 18.5 Å². The van der Waals surface area contributed by atoms with Crippen LogP contribution in [0.1, 0.15) is 40.3 Å². The number of methoxy groups -OCH3 is 1. The molecule has 0 radical (unpaired) electrons. The molecular weight excluding hydrogens is 298 g/mol. The Kier molecular flexibility index (Phi) is 5.91. The molecule has 118 valence electrons. The second-order valence-corrected chi connectivity index (χ2v) is 5.99. The van der Waals surface area contributed by atoms with Gasteiger partial charge in [0.2, 0.25) is 0 Å². The number of thiazole rings is 1. The maximum atomic E-state index is 12.0. The smallest absolute Gasteiger partial charge is 0.270 e. The van der Waals surface area contributed by atoms with Gasteiger partial charge in [-0.1, -0.05) is 19.1 Å². The van der Waals surface area contributed by atoms with Crippen LogP contribution in [0.15, 0.2) is 29.6 Å². The molecule has 1 aromatic heterocycles. The number of nitrogens with zero attached hydrogens (tertiary/aromatic N) is 1. The number of amides is 1. The molecular formula is C16H21N3O2S. The molecule has 2 aromatic rings. The van der Waals surface area contributed by atoms with Gasteiger partial charge in [0.05, 0.1) is 7.11 Å². The molecule has 6 heteroatoms. The van der Waals surface area contributed by atoms with E-state index in [1.807, 2.05) is 12.1 Å². The first-order valence-electron chi connectivity index (χ1n) is 7.20. The Morgan fingerprint density at radius 2 is 2.14 bits per heavy atom. The van der Waals surface area contributed by atoms with E-state index < -0.39 is 0 Å². The molecule has 2 rings (SSSR count). The zero-order valence-electron chi connectivity index (χ0n) is 12.8. The molecule has 1 aromatic carbocycles. The number of aromatic nitrogens is 1. The van der Waals surface area contributed by atoms with Crippen molar-refractivity contribution in [2.75, 3.05) is 13.7 Å². The SMILES string of the molecule is COc1ccc(C(C)CCNC(=O)c2csc(CN)n2)cc1. The Labute approximate surface area is 134 Å². The van der Waals surface area contributed by atoms with Gasteiger partial charge >= 0.3 is 0 Å². The van der Waals surface area contributed by atoms with E-state index in [1.54, 1.807) is 12.5 Å². The lowest BCUT2D eigenvalue weighted by Crippen LogP contribution is -2.25. The topological polar surface area (TPSA) is 77.2 Å². The maximum absolute atomic E-state index is 12.0. The van der Waals surface area contributed by atoms with Gasteiger partial charge in [-0.15, -0.1) is 11.3 Å². The van der Waals surface area contributed by atoms with Crippen LogP contribution >= 0.6 is 11.3 Å². The van der Waals surface area contributed by atoms with Crippen molar-refractivity contribution < 1.29 is 9.53 Å². The second kappa shape index (κ2) is 7.91. The van der Waals surface area contributed by atoms with Crippen LogP contribution in [0.25, 0.3) is 0 Å². The first-order chi connectivity index (χ1) is 10.6. The highest BCUT2D eigenvalue weighted by Crippen LogP contribution is 2.21. The molecule has 0 spiro atoms. The summed E-state index contributed by atoms with van der Waals surface area (Å²) in [6.07, 6.45) is 0.867. The lowest BCUT2D eigenvalue weighted by atomic mass is 9.98. The van der Waals surface area contributed by atoms with Crippen molar-refractivity contribution in [1.82, 2.24) is 10.3 Å². The van der Waals surface area contributed by atoms with Crippen LogP contribution in [0.4, 0.5) is 0 Å². The molecule has 1 atom stereocenters. The molecule has 5 nitrogen and oxygen atoms in total. The van der Waals surface area contributed by atoms with Gasteiger partial charge in [0.1, 0.15) is 16.5 Å². The summed E-state index contributed by atoms with van der Waals surface area (Å²) in [6, 6.07) is 8.01. The third kappa shape index (κ3) is 4.29. The third-order valence-electron chi connectivity index (χ3n) is 3.51. The zero-order chi connectivity index (χ0) is 15.9. The molecule has 0 fully saturated rings. The minimum Gasteiger partial charge on any atom is -0.497 e. The molecule has 1 unspecified atom stereocenters. The van der Waals surface area contributed by atoms with E-state index in [0.29, 0.717) is 24.7 Å². The number of hydrogen-bond acceptors (Lipinski definition) is 5. The van der Waals surface area contributed by atoms with Crippen LogP contribution in [-0.4, -0.2) is 24.5 Å². The molecule has 0 aliphatic rings. The lowest BCUT2D eigenvalue weighted by molar-refractivity contribution is 0.0948. The summed E-state index contributed by atoms with van der Waals surface area (Å²) in [6.45, 7) is 3.12. The minimum absolute atomic E-state index is 0.141. The van der Waals surface area contributed by atoms with E-state index in [4.69, 9.17) is 10.5 Å². The number of carbonyl (C=O) groups excluding carboxylic acids is 1. The fourth-order valence-electron chi connectivity index (χ4n) is 2.10. The van der Waals surface area contributed by atoms with Crippen LogP contribution < -0.4 is 15.8 Å². The Balaban J connectivity index is 1.80. The van der Waals surface area contributed by atoms with Crippen molar-refractivity contribution in [3.63, 3.8) is 0 Å². The number of ether oxygens (including phenoxy) is 1. The van der Waals surface area contributed by atoms with Crippen molar-refractivity contribution in [2.24, 2.45) is 5.73 Å². The molecule has 0 aliphatic heterocycles. The number of nitrogens with two attached hydrogens (primary N) is 1. The summed E-state index contributed by atoms with van der Waals surface area (Å²) >= 11 is 1.41. The van der Waals surface area contributed by atoms with Gasteiger partial charge in [-0.25, -0.2) is 4.98 Å². The number of benzene rings is 1. The Morgan fingerprint density at radius 3 is 2.73 bits per heavy atom. The predicted molar refractivity (Wildman–Crippen MR) is 88.4 cm³/mol. The van der Waals surface area contributed by atoms with E-state index in [9.17, 15) is 4.79 Å². The van der Waals surface area contributed by atoms with Crippen LogP contribution in [0.3, 0.4) is 0 Å². The van der Waals surface area contributed by atoms with Gasteiger partial charge in [0.25, 0.3) is 5.91 Å². The quantitative estimate of drug-likeness (QED) is 0.822. The van der Waals surface area contributed by atoms with Gasteiger partial charge in [-0.3, -0.25) is 4.79 Å². The van der Waals surface area contributed by atoms with Crippen LogP contribution in [0.2, 0.25) is 0 Å². The van der Waals surface area contributed by atoms with Crippen molar-refractivity contribution in [2.45, 2.75) is 25.8 Å². The lowest BCUT2D eigenvalue weighted by Gasteiger charge is -2.12. The molecule has 0 bridgehead atoms. The summed E-state index contributed by atoms with van der Waals surface area (Å²) in [7, 11) is 1.66. The summed E-state index contributed by atoms with van der Waals surface area (Å²) in [5, 5.41) is 5.41. The molecule has 1 amide bonds. The molecule has 0 saturated carbocycles. The van der Waals surface area contributed by atoms with Crippen LogP contribution in [-0.2, 0) is 6.54 Å². The number of carbonyl (C=O) groups is 1. The minimum atomic E-state index is -0.141. The third-order valence-corrected chi connectivity index (χ3v) is 4.38. The molecule has 0 saturated heterocycles. The fourth-order valence-corrected chi connectivity index (χ4v) is 2.76. The summed E-state index contributed by atoms with van der Waals surface area (Å²) in [5.41, 5.74) is 7.17. The Morgan fingerprint density at radius 1 is 1.41 bits per heavy atom. The molecule has 0 aliphatic carbocycles. The first kappa shape index (κ1) is 16.5. The highest BCUT2D eigenvalue weighted by atomic mass is 32.1. The van der Waals surface area contributed by atoms with Crippen molar-refractivity contribution in [3.05, 3.63) is 45.9 Å². The first-order valence-corrected chi connectivity index (χ1v) is 8.08. The van der Waals surface area contributed by atoms with Gasteiger partial charge in [0.15, 0.2) is 0 Å². The predicted octanol–water partition coefficient (Wildman–Crippen LogP) is 2.53. The van der Waals surface area contributed by atoms with E-state index in [-0.39, 0.29) is 5.91 Å². The zero-order valence-corrected chi connectivity index (χ0v) is 13.7. The Hall–Kier alpha value is -1.92. The average Bonchev–Trinajstić information content (AvgIpc) is 3.04. The van der Waals surface area contributed by atoms with E-state index in [0.717, 1.165) is 17.2 Å². The van der Waals surface area contributed by atoms with Gasteiger partial charge < -0.3 is 15.8 Å².